The molecule has 122 valence electrons. The molecule has 1 aromatic rings. The molecule has 2 fully saturated rings. The molecule has 1 unspecified atom stereocenters. The van der Waals surface area contributed by atoms with Crippen LogP contribution in [0.5, 0.6) is 0 Å². The molecule has 1 N–H and O–H groups in total. The van der Waals surface area contributed by atoms with Crippen molar-refractivity contribution >= 4 is 8.07 Å². The molecule has 0 spiro atoms. The third kappa shape index (κ3) is 6.38. The van der Waals surface area contributed by atoms with E-state index >= 15 is 0 Å². The van der Waals surface area contributed by atoms with Gasteiger partial charge in [0.15, 0.2) is 0 Å². The molecule has 10 radical (unpaired) electrons. The Morgan fingerprint density at radius 3 is 1.78 bits per heavy atom. The Balaban J connectivity index is 0.000000377. The van der Waals surface area contributed by atoms with Crippen LogP contribution in [0.15, 0.2) is 30.3 Å². The molecule has 0 amide bonds. The second-order valence-corrected chi connectivity index (χ2v) is 11.5. The third-order valence-corrected chi connectivity index (χ3v) is 5.69. The van der Waals surface area contributed by atoms with Crippen LogP contribution < -0.4 is 0 Å². The quantitative estimate of drug-likeness (QED) is 0.789. The summed E-state index contributed by atoms with van der Waals surface area (Å²) in [6, 6.07) is 9.86. The Morgan fingerprint density at radius 2 is 1.30 bits per heavy atom. The average Bonchev–Trinajstić information content (AvgIpc) is 3.20. The smallest absolute Gasteiger partial charge is 0.0858 e. The first kappa shape index (κ1) is 21.0. The molecule has 1 aromatic carbocycles. The summed E-state index contributed by atoms with van der Waals surface area (Å²) in [5.41, 5.74) is 2.33. The normalized spacial score (nSPS) is 20.5. The van der Waals surface area contributed by atoms with E-state index in [1.54, 1.807) is 0 Å². The SMILES string of the molecule is C[Si](C)(C)[C]1[CH][CH][CH][C]1C(O)c1ccccc1.[CH]1[CH][CH][CH][CH]1.[Fe]. The van der Waals surface area contributed by atoms with Gasteiger partial charge in [-0.25, -0.2) is 0 Å². The van der Waals surface area contributed by atoms with Crippen LogP contribution in [0.1, 0.15) is 11.7 Å². The summed E-state index contributed by atoms with van der Waals surface area (Å²) in [7, 11) is -1.38. The van der Waals surface area contributed by atoms with Crippen molar-refractivity contribution in [1.29, 1.82) is 0 Å². The molecule has 3 rings (SSSR count). The van der Waals surface area contributed by atoms with Crippen LogP contribution in [0.25, 0.3) is 0 Å². The summed E-state index contributed by atoms with van der Waals surface area (Å²) in [5, 5.41) is 10.4. The standard InChI is InChI=1S/C15H19OSi.C5H5.Fe/c1-17(2,3)14-11-7-10-13(14)15(16)12-8-5-4-6-9-12;1-2-4-5-3-1;/h4-11,15-16H,1-3H3;1-5H;. The number of aliphatic hydroxyl groups is 1. The summed E-state index contributed by atoms with van der Waals surface area (Å²) in [5.74, 6) is 1.08. The monoisotopic (exact) mass is 364 g/mol. The first-order chi connectivity index (χ1) is 10.5. The zero-order valence-electron chi connectivity index (χ0n) is 13.9. The summed E-state index contributed by atoms with van der Waals surface area (Å²) in [4.78, 5) is 0. The Kier molecular flexibility index (Phi) is 9.14. The summed E-state index contributed by atoms with van der Waals surface area (Å²) in [6.45, 7) is 6.93. The van der Waals surface area contributed by atoms with Crippen LogP contribution in [-0.2, 0) is 17.1 Å². The maximum Gasteiger partial charge on any atom is 0.0858 e. The van der Waals surface area contributed by atoms with Crippen molar-refractivity contribution in [1.82, 2.24) is 0 Å². The van der Waals surface area contributed by atoms with Gasteiger partial charge in [-0.15, -0.1) is 0 Å². The molecule has 23 heavy (non-hydrogen) atoms. The molecule has 1 nitrogen and oxygen atoms in total. The molecule has 2 saturated carbocycles. The number of aliphatic hydroxyl groups excluding tert-OH is 1. The van der Waals surface area contributed by atoms with Gasteiger partial charge in [0.2, 0.25) is 0 Å². The molecule has 1 atom stereocenters. The Labute approximate surface area is 154 Å². The van der Waals surface area contributed by atoms with Gasteiger partial charge in [0.1, 0.15) is 0 Å². The van der Waals surface area contributed by atoms with E-state index in [4.69, 9.17) is 0 Å². The zero-order chi connectivity index (χ0) is 16.0. The van der Waals surface area contributed by atoms with Crippen LogP contribution in [-0.4, -0.2) is 13.2 Å². The molecular weight excluding hydrogens is 340 g/mol. The summed E-state index contributed by atoms with van der Waals surface area (Å²) >= 11 is 0. The second-order valence-electron chi connectivity index (χ2n) is 6.42. The van der Waals surface area contributed by atoms with Crippen LogP contribution in [0, 0.1) is 62.8 Å². The van der Waals surface area contributed by atoms with E-state index < -0.39 is 14.2 Å². The van der Waals surface area contributed by atoms with E-state index in [0.29, 0.717) is 0 Å². The van der Waals surface area contributed by atoms with Crippen molar-refractivity contribution in [2.45, 2.75) is 25.7 Å². The molecule has 2 aliphatic carbocycles. The van der Waals surface area contributed by atoms with Gasteiger partial charge >= 0.3 is 0 Å². The topological polar surface area (TPSA) is 20.2 Å². The van der Waals surface area contributed by atoms with E-state index in [0.717, 1.165) is 11.5 Å². The molecule has 0 aromatic heterocycles. The molecule has 0 bridgehead atoms. The molecule has 0 aliphatic heterocycles. The first-order valence-corrected chi connectivity index (χ1v) is 11.2. The second kappa shape index (κ2) is 10.0. The summed E-state index contributed by atoms with van der Waals surface area (Å²) < 4.78 is 0. The Bertz CT molecular complexity index is 417. The van der Waals surface area contributed by atoms with Crippen LogP contribution in [0.4, 0.5) is 0 Å². The predicted molar refractivity (Wildman–Crippen MR) is 95.6 cm³/mol. The molecular formula is C20H24FeOSi. The van der Waals surface area contributed by atoms with Gasteiger partial charge in [0.05, 0.1) is 14.2 Å². The van der Waals surface area contributed by atoms with Crippen molar-refractivity contribution in [3.8, 4) is 0 Å². The first-order valence-electron chi connectivity index (χ1n) is 7.66. The maximum absolute atomic E-state index is 10.4. The zero-order valence-corrected chi connectivity index (χ0v) is 16.0. The van der Waals surface area contributed by atoms with Gasteiger partial charge in [-0.05, 0) is 62.5 Å². The minimum atomic E-state index is -1.38. The van der Waals surface area contributed by atoms with Gasteiger partial charge in [0, 0.05) is 23.0 Å². The van der Waals surface area contributed by atoms with Gasteiger partial charge in [-0.3, -0.25) is 0 Å². The fourth-order valence-corrected chi connectivity index (χ4v) is 4.17. The third-order valence-electron chi connectivity index (χ3n) is 3.62. The van der Waals surface area contributed by atoms with Gasteiger partial charge in [-0.1, -0.05) is 50.0 Å². The minimum Gasteiger partial charge on any atom is -0.388 e. The van der Waals surface area contributed by atoms with Gasteiger partial charge in [0.25, 0.3) is 0 Å². The van der Waals surface area contributed by atoms with Crippen LogP contribution in [0.3, 0.4) is 0 Å². The number of hydrogen-bond acceptors (Lipinski definition) is 1. The van der Waals surface area contributed by atoms with E-state index in [9.17, 15) is 5.11 Å². The minimum absolute atomic E-state index is 0. The number of benzene rings is 1. The van der Waals surface area contributed by atoms with Crippen molar-refractivity contribution in [3.05, 3.63) is 98.7 Å². The van der Waals surface area contributed by atoms with E-state index in [2.05, 4.69) is 32.5 Å². The van der Waals surface area contributed by atoms with Crippen LogP contribution >= 0.6 is 0 Å². The van der Waals surface area contributed by atoms with Gasteiger partial charge in [-0.2, -0.15) is 0 Å². The Hall–Kier alpha value is -0.0836. The molecule has 0 heterocycles. The van der Waals surface area contributed by atoms with Gasteiger partial charge < -0.3 is 5.11 Å². The van der Waals surface area contributed by atoms with E-state index in [1.807, 2.05) is 68.9 Å². The predicted octanol–water partition coefficient (Wildman–Crippen LogP) is 4.39. The average molecular weight is 364 g/mol. The van der Waals surface area contributed by atoms with E-state index in [-0.39, 0.29) is 17.1 Å². The van der Waals surface area contributed by atoms with Crippen molar-refractivity contribution in [2.75, 3.05) is 0 Å². The summed E-state index contributed by atoms with van der Waals surface area (Å²) in [6.07, 6.45) is 15.8. The molecule has 0 saturated heterocycles. The van der Waals surface area contributed by atoms with Crippen molar-refractivity contribution < 1.29 is 22.2 Å². The molecule has 3 heteroatoms. The van der Waals surface area contributed by atoms with Crippen molar-refractivity contribution in [3.63, 3.8) is 0 Å². The van der Waals surface area contributed by atoms with Crippen LogP contribution in [0.2, 0.25) is 19.6 Å². The fraction of sp³-hybridized carbons (Fsp3) is 0.200. The fourth-order valence-electron chi connectivity index (χ4n) is 2.49. The number of rotatable bonds is 3. The van der Waals surface area contributed by atoms with Crippen molar-refractivity contribution in [2.24, 2.45) is 0 Å². The largest absolute Gasteiger partial charge is 0.388 e. The maximum atomic E-state index is 10.4. The molecule has 2 aliphatic rings. The van der Waals surface area contributed by atoms with E-state index in [1.165, 1.54) is 5.54 Å². The Morgan fingerprint density at radius 1 is 0.783 bits per heavy atom. The number of hydrogen-bond donors (Lipinski definition) is 1.